The van der Waals surface area contributed by atoms with E-state index in [1.807, 2.05) is 24.3 Å². The summed E-state index contributed by atoms with van der Waals surface area (Å²) in [5.74, 6) is -0.610. The third-order valence-electron chi connectivity index (χ3n) is 5.18. The summed E-state index contributed by atoms with van der Waals surface area (Å²) >= 11 is 0. The van der Waals surface area contributed by atoms with Crippen molar-refractivity contribution in [3.8, 4) is 5.75 Å². The fourth-order valence-electron chi connectivity index (χ4n) is 3.59. The first-order valence-electron chi connectivity index (χ1n) is 9.50. The number of hydrogen-bond donors (Lipinski definition) is 1. The lowest BCUT2D eigenvalue weighted by Crippen LogP contribution is -2.35. The molecule has 0 aliphatic carbocycles. The van der Waals surface area contributed by atoms with Gasteiger partial charge in [0, 0.05) is 29.4 Å². The lowest BCUT2D eigenvalue weighted by Gasteiger charge is -2.25. The van der Waals surface area contributed by atoms with Gasteiger partial charge in [-0.3, -0.25) is 4.79 Å². The molecule has 1 atom stereocenters. The number of amides is 1. The summed E-state index contributed by atoms with van der Waals surface area (Å²) in [4.78, 5) is 20.0. The number of alkyl halides is 3. The molecule has 1 aliphatic rings. The van der Waals surface area contributed by atoms with E-state index in [2.05, 4.69) is 20.4 Å². The van der Waals surface area contributed by atoms with E-state index in [9.17, 15) is 18.0 Å². The molecule has 0 radical (unpaired) electrons. The minimum Gasteiger partial charge on any atom is -0.493 e. The average Bonchev–Trinajstić information content (AvgIpc) is 3.14. The van der Waals surface area contributed by atoms with Gasteiger partial charge in [-0.15, -0.1) is 5.10 Å². The van der Waals surface area contributed by atoms with Crippen molar-refractivity contribution < 1.29 is 22.7 Å². The molecule has 2 aromatic heterocycles. The molecule has 0 bridgehead atoms. The molecule has 7 nitrogen and oxygen atoms in total. The number of aromatic nitrogens is 4. The van der Waals surface area contributed by atoms with Gasteiger partial charge in [-0.25, -0.2) is 9.50 Å². The summed E-state index contributed by atoms with van der Waals surface area (Å²) in [6, 6.07) is 7.80. The summed E-state index contributed by atoms with van der Waals surface area (Å²) in [5.41, 5.74) is 2.50. The van der Waals surface area contributed by atoms with E-state index >= 15 is 0 Å². The number of halogens is 3. The van der Waals surface area contributed by atoms with Crippen molar-refractivity contribution in [2.45, 2.75) is 32.9 Å². The number of rotatable bonds is 4. The van der Waals surface area contributed by atoms with E-state index in [0.717, 1.165) is 22.2 Å². The third-order valence-corrected chi connectivity index (χ3v) is 5.18. The Bertz CT molecular complexity index is 1110. The third kappa shape index (κ3) is 3.94. The second kappa shape index (κ2) is 7.58. The number of carbonyl (C=O) groups is 1. The topological polar surface area (TPSA) is 81.4 Å². The molecule has 158 valence electrons. The van der Waals surface area contributed by atoms with Crippen molar-refractivity contribution in [2.24, 2.45) is 5.92 Å². The lowest BCUT2D eigenvalue weighted by atomic mass is 9.96. The summed E-state index contributed by atoms with van der Waals surface area (Å²) in [5, 5.41) is 6.39. The molecule has 10 heteroatoms. The zero-order valence-electron chi connectivity index (χ0n) is 16.5. The Morgan fingerprint density at radius 3 is 2.80 bits per heavy atom. The van der Waals surface area contributed by atoms with E-state index in [0.29, 0.717) is 30.1 Å². The van der Waals surface area contributed by atoms with Crippen LogP contribution in [0.3, 0.4) is 0 Å². The van der Waals surface area contributed by atoms with Gasteiger partial charge >= 0.3 is 6.18 Å². The fourth-order valence-corrected chi connectivity index (χ4v) is 3.59. The van der Waals surface area contributed by atoms with Crippen LogP contribution in [0.5, 0.6) is 5.75 Å². The molecule has 30 heavy (non-hydrogen) atoms. The highest BCUT2D eigenvalue weighted by Gasteiger charge is 2.37. The van der Waals surface area contributed by atoms with E-state index in [-0.39, 0.29) is 24.0 Å². The Kier molecular flexibility index (Phi) is 5.08. The van der Waals surface area contributed by atoms with Crippen LogP contribution < -0.4 is 10.1 Å². The monoisotopic (exact) mass is 419 g/mol. The highest BCUT2D eigenvalue weighted by atomic mass is 19.4. The lowest BCUT2D eigenvalue weighted by molar-refractivity contribution is -0.144. The maximum Gasteiger partial charge on any atom is 0.453 e. The van der Waals surface area contributed by atoms with Gasteiger partial charge in [0.1, 0.15) is 5.75 Å². The van der Waals surface area contributed by atoms with Crippen molar-refractivity contribution in [3.05, 3.63) is 52.6 Å². The molecule has 1 N–H and O–H groups in total. The van der Waals surface area contributed by atoms with Crippen LogP contribution in [0.4, 0.5) is 13.2 Å². The number of nitrogens with one attached hydrogen (secondary N) is 1. The number of ether oxygens (including phenoxy) is 1. The largest absolute Gasteiger partial charge is 0.493 e. The predicted molar refractivity (Wildman–Crippen MR) is 101 cm³/mol. The molecule has 4 rings (SSSR count). The number of benzene rings is 1. The first-order valence-corrected chi connectivity index (χ1v) is 9.50. The van der Waals surface area contributed by atoms with Gasteiger partial charge in [-0.05, 0) is 31.9 Å². The smallest absolute Gasteiger partial charge is 0.453 e. The van der Waals surface area contributed by atoms with E-state index < -0.39 is 12.0 Å². The van der Waals surface area contributed by atoms with Crippen LogP contribution >= 0.6 is 0 Å². The Morgan fingerprint density at radius 2 is 2.03 bits per heavy atom. The molecular formula is C20H20F3N5O2. The second-order valence-corrected chi connectivity index (χ2v) is 7.38. The molecule has 1 amide bonds. The second-order valence-electron chi connectivity index (χ2n) is 7.38. The average molecular weight is 419 g/mol. The molecule has 3 heterocycles. The van der Waals surface area contributed by atoms with Crippen LogP contribution in [0.1, 0.15) is 28.3 Å². The van der Waals surface area contributed by atoms with Crippen LogP contribution in [-0.2, 0) is 23.8 Å². The first kappa shape index (κ1) is 20.1. The summed E-state index contributed by atoms with van der Waals surface area (Å²) < 4.78 is 45.5. The molecule has 1 aromatic carbocycles. The van der Waals surface area contributed by atoms with E-state index in [1.54, 1.807) is 13.8 Å². The van der Waals surface area contributed by atoms with Gasteiger partial charge < -0.3 is 10.1 Å². The highest BCUT2D eigenvalue weighted by molar-refractivity contribution is 5.79. The standard InChI is InChI=1S/C20H20F3N5O2/c1-11-15(12(2)28-19(25-11)26-18(27-28)20(21,22)23)8-17(29)24-9-13-7-14-5-3-4-6-16(14)30-10-13/h3-6,13H,7-10H2,1-2H3,(H,24,29). The normalized spacial score (nSPS) is 16.2. The molecule has 0 saturated heterocycles. The molecule has 1 unspecified atom stereocenters. The molecular weight excluding hydrogens is 399 g/mol. The van der Waals surface area contributed by atoms with Crippen LogP contribution in [0.25, 0.3) is 5.78 Å². The minimum atomic E-state index is -4.66. The maximum absolute atomic E-state index is 12.9. The van der Waals surface area contributed by atoms with Gasteiger partial charge in [-0.1, -0.05) is 18.2 Å². The number of nitrogens with zero attached hydrogens (tertiary/aromatic N) is 4. The van der Waals surface area contributed by atoms with Crippen LogP contribution in [-0.4, -0.2) is 38.6 Å². The molecule has 1 aliphatic heterocycles. The number of fused-ring (bicyclic) bond motifs is 2. The van der Waals surface area contributed by atoms with E-state index in [1.165, 1.54) is 0 Å². The quantitative estimate of drug-likeness (QED) is 0.703. The van der Waals surface area contributed by atoms with E-state index in [4.69, 9.17) is 4.74 Å². The van der Waals surface area contributed by atoms with Gasteiger partial charge in [0.15, 0.2) is 0 Å². The number of aryl methyl sites for hydroxylation is 2. The zero-order chi connectivity index (χ0) is 21.5. The van der Waals surface area contributed by atoms with Crippen molar-refractivity contribution in [3.63, 3.8) is 0 Å². The summed E-state index contributed by atoms with van der Waals surface area (Å²) in [7, 11) is 0. The van der Waals surface area contributed by atoms with Crippen molar-refractivity contribution in [1.29, 1.82) is 0 Å². The van der Waals surface area contributed by atoms with Crippen LogP contribution in [0.2, 0.25) is 0 Å². The number of para-hydroxylation sites is 1. The summed E-state index contributed by atoms with van der Waals surface area (Å²) in [6.45, 7) is 4.21. The number of carbonyl (C=O) groups excluding carboxylic acids is 1. The van der Waals surface area contributed by atoms with Gasteiger partial charge in [-0.2, -0.15) is 18.2 Å². The molecule has 3 aromatic rings. The van der Waals surface area contributed by atoms with Gasteiger partial charge in [0.2, 0.25) is 5.91 Å². The Balaban J connectivity index is 1.44. The molecule has 0 spiro atoms. The van der Waals surface area contributed by atoms with Crippen LogP contribution in [0.15, 0.2) is 24.3 Å². The van der Waals surface area contributed by atoms with Crippen molar-refractivity contribution in [2.75, 3.05) is 13.2 Å². The van der Waals surface area contributed by atoms with Gasteiger partial charge in [0.25, 0.3) is 11.6 Å². The molecule has 0 saturated carbocycles. The Labute approximate surface area is 170 Å². The summed E-state index contributed by atoms with van der Waals surface area (Å²) in [6.07, 6.45) is -3.86. The highest BCUT2D eigenvalue weighted by Crippen LogP contribution is 2.28. The van der Waals surface area contributed by atoms with Crippen LogP contribution in [0, 0.1) is 19.8 Å². The predicted octanol–water partition coefficient (Wildman–Crippen LogP) is 2.67. The zero-order valence-corrected chi connectivity index (χ0v) is 16.5. The minimum absolute atomic E-state index is 0.00795. The molecule has 0 fully saturated rings. The van der Waals surface area contributed by atoms with Crippen molar-refractivity contribution >= 4 is 11.7 Å². The number of hydrogen-bond acceptors (Lipinski definition) is 5. The first-order chi connectivity index (χ1) is 14.2. The Morgan fingerprint density at radius 1 is 1.27 bits per heavy atom. The fraction of sp³-hybridized carbons (Fsp3) is 0.400. The SMILES string of the molecule is Cc1nc2nc(C(F)(F)F)nn2c(C)c1CC(=O)NCC1COc2ccccc2C1. The maximum atomic E-state index is 12.9. The van der Waals surface area contributed by atoms with Gasteiger partial charge in [0.05, 0.1) is 13.0 Å². The Hall–Kier alpha value is -3.17. The van der Waals surface area contributed by atoms with Crippen molar-refractivity contribution in [1.82, 2.24) is 24.9 Å².